The van der Waals surface area contributed by atoms with Crippen LogP contribution in [0.15, 0.2) is 48.5 Å². The van der Waals surface area contributed by atoms with Crippen molar-refractivity contribution in [2.45, 2.75) is 0 Å². The summed E-state index contributed by atoms with van der Waals surface area (Å²) >= 11 is 5.42. The number of nitro benzene ring substituents is 1. The number of hydrogen-bond donors (Lipinski definition) is 0. The average molecular weight is 290 g/mol. The van der Waals surface area contributed by atoms with Crippen LogP contribution in [0.25, 0.3) is 0 Å². The predicted molar refractivity (Wildman–Crippen MR) is 73.2 cm³/mol. The Bertz CT molecular complexity index is 652. The maximum atomic E-state index is 12.4. The molecule has 0 amide bonds. The minimum atomic E-state index is -0.785. The van der Waals surface area contributed by atoms with E-state index in [1.807, 2.05) is 0 Å². The average Bonchev–Trinajstić information content (AvgIpc) is 2.46. The molecule has 0 aliphatic carbocycles. The first kappa shape index (κ1) is 13.9. The van der Waals surface area contributed by atoms with Gasteiger partial charge in [0.05, 0.1) is 4.92 Å². The van der Waals surface area contributed by atoms with Crippen molar-refractivity contribution in [2.24, 2.45) is 0 Å². The van der Waals surface area contributed by atoms with E-state index < -0.39 is 15.9 Å². The van der Waals surface area contributed by atoms with Crippen molar-refractivity contribution in [3.05, 3.63) is 75.3 Å². The van der Waals surface area contributed by atoms with E-state index in [4.69, 9.17) is 11.6 Å². The van der Waals surface area contributed by atoms with Crippen LogP contribution in [0.4, 0.5) is 5.69 Å². The molecule has 0 heterocycles. The van der Waals surface area contributed by atoms with E-state index in [2.05, 4.69) is 0 Å². The van der Waals surface area contributed by atoms with Gasteiger partial charge in [-0.2, -0.15) is 0 Å². The minimum Gasteiger partial charge on any atom is -0.288 e. The van der Waals surface area contributed by atoms with E-state index in [-0.39, 0.29) is 22.4 Å². The SMILES string of the molecule is O=C(Cl)c1ccccc1C(=O)c1ccccc1[N+](=O)[O-]. The van der Waals surface area contributed by atoms with Crippen molar-refractivity contribution < 1.29 is 14.5 Å². The van der Waals surface area contributed by atoms with E-state index in [9.17, 15) is 19.7 Å². The summed E-state index contributed by atoms with van der Waals surface area (Å²) < 4.78 is 0. The van der Waals surface area contributed by atoms with Gasteiger partial charge in [0, 0.05) is 17.2 Å². The molecule has 0 spiro atoms. The summed E-state index contributed by atoms with van der Waals surface area (Å²) in [5, 5.41) is 10.2. The summed E-state index contributed by atoms with van der Waals surface area (Å²) in [4.78, 5) is 34.0. The lowest BCUT2D eigenvalue weighted by molar-refractivity contribution is -0.385. The van der Waals surface area contributed by atoms with Crippen LogP contribution in [-0.2, 0) is 0 Å². The van der Waals surface area contributed by atoms with Crippen LogP contribution in [0.1, 0.15) is 26.3 Å². The molecule has 0 radical (unpaired) electrons. The highest BCUT2D eigenvalue weighted by Gasteiger charge is 2.23. The number of para-hydroxylation sites is 1. The fourth-order valence-corrected chi connectivity index (χ4v) is 1.99. The van der Waals surface area contributed by atoms with Gasteiger partial charge in [-0.15, -0.1) is 0 Å². The highest BCUT2D eigenvalue weighted by Crippen LogP contribution is 2.23. The molecule has 2 aromatic carbocycles. The molecule has 0 aromatic heterocycles. The molecular formula is C14H8ClNO4. The molecule has 0 unspecified atom stereocenters. The molecule has 100 valence electrons. The zero-order valence-corrected chi connectivity index (χ0v) is 10.8. The van der Waals surface area contributed by atoms with Crippen LogP contribution >= 0.6 is 11.6 Å². The van der Waals surface area contributed by atoms with Gasteiger partial charge < -0.3 is 0 Å². The number of carbonyl (C=O) groups is 2. The molecule has 0 saturated carbocycles. The fourth-order valence-electron chi connectivity index (χ4n) is 1.82. The third-order valence-electron chi connectivity index (χ3n) is 2.73. The van der Waals surface area contributed by atoms with Gasteiger partial charge in [-0.1, -0.05) is 30.3 Å². The second-order valence-electron chi connectivity index (χ2n) is 3.92. The molecule has 0 aliphatic heterocycles. The van der Waals surface area contributed by atoms with Crippen LogP contribution in [0.2, 0.25) is 0 Å². The summed E-state index contributed by atoms with van der Waals surface area (Å²) in [5.74, 6) is -0.609. The van der Waals surface area contributed by atoms with E-state index in [1.54, 1.807) is 12.1 Å². The smallest absolute Gasteiger partial charge is 0.280 e. The second-order valence-corrected chi connectivity index (χ2v) is 4.27. The Morgan fingerprint density at radius 2 is 1.40 bits per heavy atom. The lowest BCUT2D eigenvalue weighted by atomic mass is 9.98. The first-order valence-corrected chi connectivity index (χ1v) is 5.97. The molecule has 0 saturated heterocycles. The Morgan fingerprint density at radius 1 is 0.900 bits per heavy atom. The number of nitro groups is 1. The molecule has 20 heavy (non-hydrogen) atoms. The number of carbonyl (C=O) groups excluding carboxylic acids is 2. The standard InChI is InChI=1S/C14H8ClNO4/c15-14(18)10-6-2-1-5-9(10)13(17)11-7-3-4-8-12(11)16(19)20/h1-8H. The van der Waals surface area contributed by atoms with Gasteiger partial charge in [0.25, 0.3) is 10.9 Å². The van der Waals surface area contributed by atoms with Crippen LogP contribution in [0, 0.1) is 10.1 Å². The molecule has 2 aromatic rings. The van der Waals surface area contributed by atoms with Gasteiger partial charge in [0.2, 0.25) is 5.78 Å². The molecule has 0 fully saturated rings. The lowest BCUT2D eigenvalue weighted by Crippen LogP contribution is -2.09. The summed E-state index contributed by atoms with van der Waals surface area (Å²) in [6.45, 7) is 0. The monoisotopic (exact) mass is 289 g/mol. The molecule has 0 bridgehead atoms. The maximum Gasteiger partial charge on any atom is 0.280 e. The zero-order valence-electron chi connectivity index (χ0n) is 10.1. The molecular weight excluding hydrogens is 282 g/mol. The van der Waals surface area contributed by atoms with Crippen LogP contribution in [-0.4, -0.2) is 15.9 Å². The van der Waals surface area contributed by atoms with Gasteiger partial charge in [0.15, 0.2) is 0 Å². The third kappa shape index (κ3) is 2.57. The normalized spacial score (nSPS) is 10.1. The number of halogens is 1. The number of ketones is 1. The van der Waals surface area contributed by atoms with Crippen LogP contribution in [0.5, 0.6) is 0 Å². The van der Waals surface area contributed by atoms with Gasteiger partial charge in [-0.3, -0.25) is 19.7 Å². The molecule has 2 rings (SSSR count). The molecule has 6 heteroatoms. The quantitative estimate of drug-likeness (QED) is 0.375. The van der Waals surface area contributed by atoms with Gasteiger partial charge >= 0.3 is 0 Å². The molecule has 5 nitrogen and oxygen atoms in total. The highest BCUT2D eigenvalue weighted by atomic mass is 35.5. The van der Waals surface area contributed by atoms with Crippen molar-refractivity contribution in [3.8, 4) is 0 Å². The first-order valence-electron chi connectivity index (χ1n) is 5.59. The number of rotatable bonds is 4. The maximum absolute atomic E-state index is 12.4. The van der Waals surface area contributed by atoms with Crippen LogP contribution in [0.3, 0.4) is 0 Å². The van der Waals surface area contributed by atoms with Crippen molar-refractivity contribution >= 4 is 28.3 Å². The topological polar surface area (TPSA) is 77.3 Å². The zero-order chi connectivity index (χ0) is 14.7. The Balaban J connectivity index is 2.59. The molecule has 0 N–H and O–H groups in total. The number of benzene rings is 2. The Morgan fingerprint density at radius 3 is 1.95 bits per heavy atom. The third-order valence-corrected chi connectivity index (χ3v) is 2.93. The predicted octanol–water partition coefficient (Wildman–Crippen LogP) is 3.20. The molecule has 0 aliphatic rings. The summed E-state index contributed by atoms with van der Waals surface area (Å²) in [7, 11) is 0. The molecule has 0 atom stereocenters. The summed E-state index contributed by atoms with van der Waals surface area (Å²) in [6, 6.07) is 11.5. The van der Waals surface area contributed by atoms with Crippen molar-refractivity contribution in [3.63, 3.8) is 0 Å². The van der Waals surface area contributed by atoms with E-state index in [0.717, 1.165) is 0 Å². The van der Waals surface area contributed by atoms with Crippen molar-refractivity contribution in [2.75, 3.05) is 0 Å². The van der Waals surface area contributed by atoms with Crippen molar-refractivity contribution in [1.82, 2.24) is 0 Å². The number of nitrogens with zero attached hydrogens (tertiary/aromatic N) is 1. The summed E-state index contributed by atoms with van der Waals surface area (Å²) in [5.41, 5.74) is -0.323. The van der Waals surface area contributed by atoms with E-state index in [1.165, 1.54) is 36.4 Å². The van der Waals surface area contributed by atoms with E-state index >= 15 is 0 Å². The first-order chi connectivity index (χ1) is 9.52. The Labute approximate surface area is 118 Å². The van der Waals surface area contributed by atoms with Gasteiger partial charge in [0.1, 0.15) is 5.56 Å². The summed E-state index contributed by atoms with van der Waals surface area (Å²) in [6.07, 6.45) is 0. The largest absolute Gasteiger partial charge is 0.288 e. The van der Waals surface area contributed by atoms with Gasteiger partial charge in [-0.05, 0) is 23.7 Å². The van der Waals surface area contributed by atoms with Crippen LogP contribution < -0.4 is 0 Å². The van der Waals surface area contributed by atoms with Gasteiger partial charge in [-0.25, -0.2) is 0 Å². The van der Waals surface area contributed by atoms with Crippen molar-refractivity contribution in [1.29, 1.82) is 0 Å². The highest BCUT2D eigenvalue weighted by molar-refractivity contribution is 6.68. The second kappa shape index (κ2) is 5.63. The Hall–Kier alpha value is -2.53. The lowest BCUT2D eigenvalue weighted by Gasteiger charge is -2.05. The van der Waals surface area contributed by atoms with E-state index in [0.29, 0.717) is 0 Å². The fraction of sp³-hybridized carbons (Fsp3) is 0. The minimum absolute atomic E-state index is 0.0253. The Kier molecular flexibility index (Phi) is 3.91. The number of hydrogen-bond acceptors (Lipinski definition) is 4.